The molecule has 0 radical (unpaired) electrons. The lowest BCUT2D eigenvalue weighted by atomic mass is 9.99. The van der Waals surface area contributed by atoms with Crippen LogP contribution in [0.3, 0.4) is 0 Å². The Bertz CT molecular complexity index is 989. The molecule has 6 atom stereocenters. The first-order valence-corrected chi connectivity index (χ1v) is 20.9. The van der Waals surface area contributed by atoms with Crippen molar-refractivity contribution in [2.45, 2.75) is 185 Å². The fourth-order valence-electron chi connectivity index (χ4n) is 5.93. The monoisotopic (exact) mass is 749 g/mol. The second-order valence-corrected chi connectivity index (χ2v) is 14.1. The molecule has 0 aromatic rings. The fourth-order valence-corrected chi connectivity index (χ4v) is 5.93. The minimum Gasteiger partial charge on any atom is -0.457 e. The minimum absolute atomic E-state index is 0.125. The summed E-state index contributed by atoms with van der Waals surface area (Å²) >= 11 is 0. The van der Waals surface area contributed by atoms with Gasteiger partial charge in [0.05, 0.1) is 19.8 Å². The van der Waals surface area contributed by atoms with Gasteiger partial charge in [-0.05, 0) is 57.8 Å². The number of unbranched alkanes of at least 4 members (excludes halogenated alkanes) is 13. The van der Waals surface area contributed by atoms with Crippen LogP contribution < -0.4 is 0 Å². The SMILES string of the molecule is CC/C=C\C/C=C\C/C=C\C/C=C\C/C=C\CCCCCCOCC(COC1OC(CO)C(O)C(O)C1O)OC(=O)CCCCCCCCCCCC. The molecule has 1 rings (SSSR count). The van der Waals surface area contributed by atoms with Gasteiger partial charge in [-0.15, -0.1) is 0 Å². The van der Waals surface area contributed by atoms with Crippen molar-refractivity contribution in [3.8, 4) is 0 Å². The molecule has 1 saturated heterocycles. The molecule has 0 saturated carbocycles. The van der Waals surface area contributed by atoms with E-state index in [1.54, 1.807) is 0 Å². The van der Waals surface area contributed by atoms with Crippen molar-refractivity contribution >= 4 is 5.97 Å². The summed E-state index contributed by atoms with van der Waals surface area (Å²) in [6.45, 7) is 4.35. The van der Waals surface area contributed by atoms with Crippen molar-refractivity contribution in [2.24, 2.45) is 0 Å². The van der Waals surface area contributed by atoms with E-state index in [4.69, 9.17) is 18.9 Å². The van der Waals surface area contributed by atoms with Crippen molar-refractivity contribution in [2.75, 3.05) is 26.4 Å². The van der Waals surface area contributed by atoms with Crippen LogP contribution in [0.25, 0.3) is 0 Å². The van der Waals surface area contributed by atoms with Crippen LogP contribution in [-0.2, 0) is 23.7 Å². The van der Waals surface area contributed by atoms with Gasteiger partial charge in [0.1, 0.15) is 30.5 Å². The summed E-state index contributed by atoms with van der Waals surface area (Å²) in [5.41, 5.74) is 0. The van der Waals surface area contributed by atoms with Gasteiger partial charge in [0, 0.05) is 13.0 Å². The zero-order valence-corrected chi connectivity index (χ0v) is 33.2. The van der Waals surface area contributed by atoms with Crippen LogP contribution >= 0.6 is 0 Å². The summed E-state index contributed by atoms with van der Waals surface area (Å²) < 4.78 is 22.7. The largest absolute Gasteiger partial charge is 0.457 e. The van der Waals surface area contributed by atoms with Gasteiger partial charge in [-0.3, -0.25) is 4.79 Å². The quantitative estimate of drug-likeness (QED) is 0.0290. The molecule has 0 amide bonds. The van der Waals surface area contributed by atoms with Crippen LogP contribution in [0.15, 0.2) is 60.8 Å². The van der Waals surface area contributed by atoms with E-state index in [1.807, 2.05) is 0 Å². The van der Waals surface area contributed by atoms with E-state index in [1.165, 1.54) is 44.9 Å². The summed E-state index contributed by atoms with van der Waals surface area (Å²) in [5, 5.41) is 40.0. The Morgan fingerprint density at radius 1 is 0.623 bits per heavy atom. The molecule has 1 heterocycles. The van der Waals surface area contributed by atoms with Gasteiger partial charge < -0.3 is 39.4 Å². The average Bonchev–Trinajstić information content (AvgIpc) is 3.16. The first-order chi connectivity index (χ1) is 25.9. The third-order valence-corrected chi connectivity index (χ3v) is 9.20. The van der Waals surface area contributed by atoms with Gasteiger partial charge in [0.25, 0.3) is 0 Å². The molecule has 1 aliphatic rings. The van der Waals surface area contributed by atoms with E-state index < -0.39 is 43.4 Å². The average molecular weight is 749 g/mol. The van der Waals surface area contributed by atoms with Crippen LogP contribution in [0.5, 0.6) is 0 Å². The lowest BCUT2D eigenvalue weighted by Gasteiger charge is -2.39. The van der Waals surface area contributed by atoms with Crippen molar-refractivity contribution in [3.05, 3.63) is 60.8 Å². The number of ether oxygens (including phenoxy) is 4. The standard InChI is InChI=1S/C44H76O9/c1-3-5-7-9-11-13-15-16-17-18-19-20-21-22-23-24-26-28-30-32-34-50-36-38(37-51-44-43(49)42(48)41(47)39(35-45)53-44)52-40(46)33-31-29-27-25-14-12-10-8-6-4-2/h5,7,11,13,16-17,19-20,22-23,38-39,41-45,47-49H,3-4,6,8-10,12,14-15,18,21,24-37H2,1-2H3/b7-5-,13-11-,17-16-,20-19-,23-22-. The Balaban J connectivity index is 2.30. The van der Waals surface area contributed by atoms with Gasteiger partial charge in [0.15, 0.2) is 6.29 Å². The highest BCUT2D eigenvalue weighted by Crippen LogP contribution is 2.22. The molecule has 1 fully saturated rings. The maximum absolute atomic E-state index is 12.7. The van der Waals surface area contributed by atoms with Gasteiger partial charge in [-0.2, -0.15) is 0 Å². The maximum atomic E-state index is 12.7. The lowest BCUT2D eigenvalue weighted by Crippen LogP contribution is -2.59. The molecule has 9 heteroatoms. The molecule has 0 aliphatic carbocycles. The predicted octanol–water partition coefficient (Wildman–Crippen LogP) is 8.74. The van der Waals surface area contributed by atoms with Gasteiger partial charge in [-0.1, -0.05) is 145 Å². The summed E-state index contributed by atoms with van der Waals surface area (Å²) in [7, 11) is 0. The minimum atomic E-state index is -1.54. The number of aliphatic hydroxyl groups excluding tert-OH is 4. The second kappa shape index (κ2) is 35.6. The number of allylic oxidation sites excluding steroid dienone is 10. The highest BCUT2D eigenvalue weighted by atomic mass is 16.7. The molecule has 0 bridgehead atoms. The molecule has 306 valence electrons. The first-order valence-electron chi connectivity index (χ1n) is 20.9. The normalized spacial score (nSPS) is 21.7. The highest BCUT2D eigenvalue weighted by molar-refractivity contribution is 5.69. The number of carbonyl (C=O) groups excluding carboxylic acids is 1. The Labute approximate surface area is 322 Å². The van der Waals surface area contributed by atoms with Gasteiger partial charge in [-0.25, -0.2) is 0 Å². The molecule has 1 aliphatic heterocycles. The molecule has 4 N–H and O–H groups in total. The fraction of sp³-hybridized carbons (Fsp3) is 0.750. The third-order valence-electron chi connectivity index (χ3n) is 9.20. The van der Waals surface area contributed by atoms with Crippen molar-refractivity contribution < 1.29 is 44.2 Å². The summed E-state index contributed by atoms with van der Waals surface area (Å²) in [6, 6.07) is 0. The van der Waals surface area contributed by atoms with Crippen LogP contribution in [0, 0.1) is 0 Å². The Kier molecular flexibility index (Phi) is 32.8. The van der Waals surface area contributed by atoms with E-state index in [0.29, 0.717) is 13.0 Å². The van der Waals surface area contributed by atoms with E-state index >= 15 is 0 Å². The van der Waals surface area contributed by atoms with Gasteiger partial charge >= 0.3 is 5.97 Å². The number of esters is 1. The van der Waals surface area contributed by atoms with Crippen molar-refractivity contribution in [3.63, 3.8) is 0 Å². The van der Waals surface area contributed by atoms with E-state index in [2.05, 4.69) is 74.6 Å². The van der Waals surface area contributed by atoms with Crippen molar-refractivity contribution in [1.82, 2.24) is 0 Å². The van der Waals surface area contributed by atoms with E-state index in [0.717, 1.165) is 83.5 Å². The van der Waals surface area contributed by atoms with Crippen molar-refractivity contribution in [1.29, 1.82) is 0 Å². The lowest BCUT2D eigenvalue weighted by molar-refractivity contribution is -0.305. The molecule has 6 unspecified atom stereocenters. The molecule has 9 nitrogen and oxygen atoms in total. The Morgan fingerprint density at radius 2 is 1.15 bits per heavy atom. The maximum Gasteiger partial charge on any atom is 0.306 e. The molecular formula is C44H76O9. The van der Waals surface area contributed by atoms with E-state index in [-0.39, 0.29) is 19.2 Å². The first kappa shape index (κ1) is 48.9. The number of aliphatic hydroxyl groups is 4. The smallest absolute Gasteiger partial charge is 0.306 e. The summed E-state index contributed by atoms with van der Waals surface area (Å²) in [6.07, 6.45) is 36.8. The molecule has 0 aromatic carbocycles. The zero-order valence-electron chi connectivity index (χ0n) is 33.2. The zero-order chi connectivity index (χ0) is 38.6. The number of hydrogen-bond donors (Lipinski definition) is 4. The van der Waals surface area contributed by atoms with Gasteiger partial charge in [0.2, 0.25) is 0 Å². The molecule has 0 spiro atoms. The Hall–Kier alpha value is -2.11. The topological polar surface area (TPSA) is 135 Å². The highest BCUT2D eigenvalue weighted by Gasteiger charge is 2.44. The molecule has 0 aromatic heterocycles. The Morgan fingerprint density at radius 3 is 1.74 bits per heavy atom. The van der Waals surface area contributed by atoms with E-state index in [9.17, 15) is 25.2 Å². The van der Waals surface area contributed by atoms with Crippen LogP contribution in [0.1, 0.15) is 149 Å². The number of rotatable bonds is 34. The van der Waals surface area contributed by atoms with Crippen LogP contribution in [0.2, 0.25) is 0 Å². The van der Waals surface area contributed by atoms with Crippen LogP contribution in [-0.4, -0.2) is 89.6 Å². The second-order valence-electron chi connectivity index (χ2n) is 14.1. The summed E-state index contributed by atoms with van der Waals surface area (Å²) in [5.74, 6) is -0.328. The van der Waals surface area contributed by atoms with Crippen LogP contribution in [0.4, 0.5) is 0 Å². The number of carbonyl (C=O) groups is 1. The molecule has 53 heavy (non-hydrogen) atoms. The predicted molar refractivity (Wildman–Crippen MR) is 214 cm³/mol. The summed E-state index contributed by atoms with van der Waals surface area (Å²) in [4.78, 5) is 12.7. The third kappa shape index (κ3) is 27.2. The number of hydrogen-bond acceptors (Lipinski definition) is 9. The molecular weight excluding hydrogens is 672 g/mol.